The standard InChI is InChI=1S/C13H10ClF2N/c1-8-12(14)3-4-13(17(8)2)9-5-10(15)7-11(16)6-9/h3-7H,1H2,2H3. The third-order valence-electron chi connectivity index (χ3n) is 2.59. The molecule has 0 aliphatic carbocycles. The first-order valence-corrected chi connectivity index (χ1v) is 5.34. The van der Waals surface area contributed by atoms with Crippen molar-refractivity contribution >= 4 is 17.3 Å². The van der Waals surface area contributed by atoms with Crippen LogP contribution in [0, 0.1) is 11.6 Å². The highest BCUT2D eigenvalue weighted by molar-refractivity contribution is 6.32. The predicted molar refractivity (Wildman–Crippen MR) is 65.2 cm³/mol. The van der Waals surface area contributed by atoms with Crippen LogP contribution in [-0.2, 0) is 0 Å². The van der Waals surface area contributed by atoms with E-state index in [4.69, 9.17) is 11.6 Å². The van der Waals surface area contributed by atoms with Gasteiger partial charge in [-0.1, -0.05) is 18.2 Å². The van der Waals surface area contributed by atoms with Gasteiger partial charge in [0.25, 0.3) is 0 Å². The number of allylic oxidation sites excluding steroid dienone is 3. The molecule has 0 saturated carbocycles. The Balaban J connectivity index is 2.50. The molecule has 88 valence electrons. The van der Waals surface area contributed by atoms with E-state index in [1.807, 2.05) is 0 Å². The molecule has 0 N–H and O–H groups in total. The van der Waals surface area contributed by atoms with Crippen LogP contribution >= 0.6 is 11.6 Å². The first kappa shape index (κ1) is 11.9. The first-order valence-electron chi connectivity index (χ1n) is 4.96. The molecule has 0 radical (unpaired) electrons. The van der Waals surface area contributed by atoms with Crippen LogP contribution in [0.4, 0.5) is 8.78 Å². The number of likely N-dealkylation sites (N-methyl/N-ethyl adjacent to an activating group) is 1. The molecule has 4 heteroatoms. The Kier molecular flexibility index (Phi) is 3.03. The predicted octanol–water partition coefficient (Wildman–Crippen LogP) is 3.89. The average Bonchev–Trinajstić information content (AvgIpc) is 2.24. The molecule has 0 unspecified atom stereocenters. The molecule has 1 aliphatic rings. The zero-order valence-electron chi connectivity index (χ0n) is 9.17. The van der Waals surface area contributed by atoms with Gasteiger partial charge in [0, 0.05) is 24.4 Å². The molecule has 0 amide bonds. The van der Waals surface area contributed by atoms with Crippen molar-refractivity contribution in [1.29, 1.82) is 0 Å². The second-order valence-electron chi connectivity index (χ2n) is 3.73. The van der Waals surface area contributed by atoms with E-state index in [0.29, 0.717) is 22.0 Å². The van der Waals surface area contributed by atoms with Gasteiger partial charge in [-0.15, -0.1) is 0 Å². The lowest BCUT2D eigenvalue weighted by molar-refractivity contribution is 0.575. The molecule has 0 spiro atoms. The van der Waals surface area contributed by atoms with Crippen LogP contribution in [0.15, 0.2) is 47.7 Å². The summed E-state index contributed by atoms with van der Waals surface area (Å²) in [7, 11) is 1.74. The summed E-state index contributed by atoms with van der Waals surface area (Å²) >= 11 is 5.90. The van der Waals surface area contributed by atoms with E-state index in [2.05, 4.69) is 6.58 Å². The summed E-state index contributed by atoms with van der Waals surface area (Å²) in [5.41, 5.74) is 1.69. The Morgan fingerprint density at radius 3 is 2.29 bits per heavy atom. The van der Waals surface area contributed by atoms with E-state index < -0.39 is 11.6 Å². The van der Waals surface area contributed by atoms with Gasteiger partial charge < -0.3 is 4.90 Å². The Morgan fingerprint density at radius 2 is 1.71 bits per heavy atom. The largest absolute Gasteiger partial charge is 0.343 e. The van der Waals surface area contributed by atoms with Crippen LogP contribution in [0.3, 0.4) is 0 Å². The fraction of sp³-hybridized carbons (Fsp3) is 0.0769. The molecule has 1 aromatic carbocycles. The van der Waals surface area contributed by atoms with Crippen molar-refractivity contribution in [2.75, 3.05) is 7.05 Å². The lowest BCUT2D eigenvalue weighted by atomic mass is 10.1. The first-order chi connectivity index (χ1) is 7.99. The number of benzene rings is 1. The normalized spacial score (nSPS) is 15.8. The topological polar surface area (TPSA) is 3.24 Å². The molecular weight excluding hydrogens is 244 g/mol. The number of halogens is 3. The molecule has 0 saturated heterocycles. The molecule has 0 fully saturated rings. The highest BCUT2D eigenvalue weighted by Gasteiger charge is 2.17. The second kappa shape index (κ2) is 4.34. The highest BCUT2D eigenvalue weighted by Crippen LogP contribution is 2.31. The van der Waals surface area contributed by atoms with Crippen molar-refractivity contribution in [2.24, 2.45) is 0 Å². The summed E-state index contributed by atoms with van der Waals surface area (Å²) in [6.45, 7) is 3.79. The van der Waals surface area contributed by atoms with Gasteiger partial charge in [0.05, 0.1) is 10.7 Å². The van der Waals surface area contributed by atoms with Crippen molar-refractivity contribution in [3.8, 4) is 0 Å². The molecule has 1 aliphatic heterocycles. The molecule has 1 aromatic rings. The summed E-state index contributed by atoms with van der Waals surface area (Å²) in [6, 6.07) is 3.38. The summed E-state index contributed by atoms with van der Waals surface area (Å²) in [5.74, 6) is -1.22. The smallest absolute Gasteiger partial charge is 0.126 e. The van der Waals surface area contributed by atoms with Crippen LogP contribution in [-0.4, -0.2) is 11.9 Å². The molecule has 1 heterocycles. The van der Waals surface area contributed by atoms with Gasteiger partial charge in [0.2, 0.25) is 0 Å². The summed E-state index contributed by atoms with van der Waals surface area (Å²) in [4.78, 5) is 1.69. The molecule has 17 heavy (non-hydrogen) atoms. The molecule has 0 bridgehead atoms. The molecule has 1 nitrogen and oxygen atoms in total. The SMILES string of the molecule is C=C1C(Cl)=CC=C(c2cc(F)cc(F)c2)N1C. The minimum absolute atomic E-state index is 0.451. The number of hydrogen-bond donors (Lipinski definition) is 0. The van der Waals surface area contributed by atoms with Crippen molar-refractivity contribution in [2.45, 2.75) is 0 Å². The van der Waals surface area contributed by atoms with E-state index >= 15 is 0 Å². The van der Waals surface area contributed by atoms with Crippen LogP contribution in [0.5, 0.6) is 0 Å². The minimum Gasteiger partial charge on any atom is -0.343 e. The summed E-state index contributed by atoms with van der Waals surface area (Å²) < 4.78 is 26.3. The Labute approximate surface area is 103 Å². The maximum atomic E-state index is 13.1. The maximum Gasteiger partial charge on any atom is 0.126 e. The van der Waals surface area contributed by atoms with Crippen molar-refractivity contribution < 1.29 is 8.78 Å². The van der Waals surface area contributed by atoms with Crippen LogP contribution in [0.1, 0.15) is 5.56 Å². The van der Waals surface area contributed by atoms with Gasteiger partial charge in [-0.3, -0.25) is 0 Å². The lowest BCUT2D eigenvalue weighted by Gasteiger charge is -2.27. The number of rotatable bonds is 1. The fourth-order valence-corrected chi connectivity index (χ4v) is 1.85. The van der Waals surface area contributed by atoms with Gasteiger partial charge in [0.15, 0.2) is 0 Å². The summed E-state index contributed by atoms with van der Waals surface area (Å²) in [5, 5.41) is 0.508. The van der Waals surface area contributed by atoms with E-state index in [-0.39, 0.29) is 0 Å². The van der Waals surface area contributed by atoms with Crippen LogP contribution in [0.2, 0.25) is 0 Å². The van der Waals surface area contributed by atoms with Gasteiger partial charge >= 0.3 is 0 Å². The van der Waals surface area contributed by atoms with E-state index in [9.17, 15) is 8.78 Å². The Morgan fingerprint density at radius 1 is 1.12 bits per heavy atom. The van der Waals surface area contributed by atoms with Crippen molar-refractivity contribution in [3.05, 3.63) is 64.9 Å². The third kappa shape index (κ3) is 2.24. The lowest BCUT2D eigenvalue weighted by Crippen LogP contribution is -2.18. The zero-order chi connectivity index (χ0) is 12.6. The number of hydrogen-bond acceptors (Lipinski definition) is 1. The van der Waals surface area contributed by atoms with Gasteiger partial charge in [-0.25, -0.2) is 8.78 Å². The number of nitrogens with zero attached hydrogens (tertiary/aromatic N) is 1. The van der Waals surface area contributed by atoms with E-state index in [1.165, 1.54) is 12.1 Å². The fourth-order valence-electron chi connectivity index (χ4n) is 1.66. The highest BCUT2D eigenvalue weighted by atomic mass is 35.5. The minimum atomic E-state index is -0.611. The molecule has 0 atom stereocenters. The van der Waals surface area contributed by atoms with Gasteiger partial charge in [-0.2, -0.15) is 0 Å². The Bertz CT molecular complexity index is 526. The molecule has 0 aromatic heterocycles. The van der Waals surface area contributed by atoms with Crippen LogP contribution < -0.4 is 0 Å². The van der Waals surface area contributed by atoms with E-state index in [1.54, 1.807) is 24.1 Å². The molecule has 2 rings (SSSR count). The molecular formula is C13H10ClF2N. The average molecular weight is 254 g/mol. The quantitative estimate of drug-likeness (QED) is 0.734. The van der Waals surface area contributed by atoms with Crippen molar-refractivity contribution in [1.82, 2.24) is 4.90 Å². The second-order valence-corrected chi connectivity index (χ2v) is 4.14. The zero-order valence-corrected chi connectivity index (χ0v) is 9.93. The maximum absolute atomic E-state index is 13.1. The monoisotopic (exact) mass is 253 g/mol. The van der Waals surface area contributed by atoms with Crippen molar-refractivity contribution in [3.63, 3.8) is 0 Å². The van der Waals surface area contributed by atoms with Gasteiger partial charge in [0.1, 0.15) is 11.6 Å². The Hall–Kier alpha value is -1.61. The van der Waals surface area contributed by atoms with Gasteiger partial charge in [-0.05, 0) is 24.3 Å². The summed E-state index contributed by atoms with van der Waals surface area (Å²) in [6.07, 6.45) is 3.35. The third-order valence-corrected chi connectivity index (χ3v) is 2.93. The van der Waals surface area contributed by atoms with Crippen LogP contribution in [0.25, 0.3) is 5.70 Å². The van der Waals surface area contributed by atoms with E-state index in [0.717, 1.165) is 6.07 Å².